The molecule has 0 nitrogen and oxygen atoms in total. The first kappa shape index (κ1) is 20.7. The van der Waals surface area contributed by atoms with Crippen LogP contribution in [0.5, 0.6) is 0 Å². The van der Waals surface area contributed by atoms with Gasteiger partial charge in [-0.3, -0.25) is 0 Å². The molecule has 0 heterocycles. The second-order valence-electron chi connectivity index (χ2n) is 9.01. The van der Waals surface area contributed by atoms with E-state index >= 15 is 0 Å². The molecule has 0 aromatic heterocycles. The molecule has 0 saturated carbocycles. The van der Waals surface area contributed by atoms with E-state index in [0.717, 1.165) is 0 Å². The van der Waals surface area contributed by atoms with E-state index in [-0.39, 0.29) is 0 Å². The SMILES string of the molecule is CCCCCCCCCCCCP(C)(C)(C)Cc1ccccc1. The van der Waals surface area contributed by atoms with Crippen molar-refractivity contribution in [2.45, 2.75) is 77.3 Å². The van der Waals surface area contributed by atoms with E-state index in [9.17, 15) is 0 Å². The molecule has 0 spiro atoms. The Morgan fingerprint density at radius 3 is 1.65 bits per heavy atom. The van der Waals surface area contributed by atoms with Gasteiger partial charge < -0.3 is 0 Å². The zero-order valence-electron chi connectivity index (χ0n) is 16.3. The Balaban J connectivity index is 2.11. The van der Waals surface area contributed by atoms with Crippen molar-refractivity contribution in [3.63, 3.8) is 0 Å². The number of hydrogen-bond acceptors (Lipinski definition) is 0. The topological polar surface area (TPSA) is 0 Å². The summed E-state index contributed by atoms with van der Waals surface area (Å²) in [7, 11) is 0. The summed E-state index contributed by atoms with van der Waals surface area (Å²) in [6, 6.07) is 11.1. The van der Waals surface area contributed by atoms with Gasteiger partial charge >= 0.3 is 146 Å². The van der Waals surface area contributed by atoms with Gasteiger partial charge in [0.1, 0.15) is 0 Å². The number of hydrogen-bond donors (Lipinski definition) is 0. The van der Waals surface area contributed by atoms with Crippen molar-refractivity contribution in [1.82, 2.24) is 0 Å². The zero-order valence-corrected chi connectivity index (χ0v) is 17.2. The van der Waals surface area contributed by atoms with Crippen LogP contribution in [0.1, 0.15) is 76.7 Å². The normalized spacial score (nSPS) is 13.7. The molecule has 134 valence electrons. The summed E-state index contributed by atoms with van der Waals surface area (Å²) < 4.78 is 0. The Morgan fingerprint density at radius 1 is 0.652 bits per heavy atom. The van der Waals surface area contributed by atoms with Gasteiger partial charge in [-0.05, 0) is 0 Å². The van der Waals surface area contributed by atoms with Gasteiger partial charge in [0.25, 0.3) is 0 Å². The standard InChI is InChI=1S/C22H41P/c1-5-6-7-8-9-10-11-12-13-17-20-23(2,3,4)21-22-18-15-14-16-19-22/h14-16,18-19H,5-13,17,20-21H2,1-4H3. The van der Waals surface area contributed by atoms with Crippen LogP contribution in [-0.4, -0.2) is 26.2 Å². The molecule has 1 rings (SSSR count). The third kappa shape index (κ3) is 10.9. The molecular weight excluding hydrogens is 295 g/mol. The van der Waals surface area contributed by atoms with Crippen LogP contribution in [0.3, 0.4) is 0 Å². The Kier molecular flexibility index (Phi) is 9.45. The van der Waals surface area contributed by atoms with E-state index in [1.165, 1.54) is 82.1 Å². The minimum absolute atomic E-state index is 1.31. The monoisotopic (exact) mass is 336 g/mol. The molecule has 0 aliphatic heterocycles. The summed E-state index contributed by atoms with van der Waals surface area (Å²) in [5, 5.41) is 0. The first-order valence-electron chi connectivity index (χ1n) is 9.95. The van der Waals surface area contributed by atoms with Crippen molar-refractivity contribution in [2.24, 2.45) is 0 Å². The number of unbranched alkanes of at least 4 members (excludes halogenated alkanes) is 9. The van der Waals surface area contributed by atoms with Crippen LogP contribution in [0.25, 0.3) is 0 Å². The summed E-state index contributed by atoms with van der Waals surface area (Å²) >= 11 is 0. The fourth-order valence-electron chi connectivity index (χ4n) is 3.52. The van der Waals surface area contributed by atoms with E-state index in [4.69, 9.17) is 0 Å². The molecule has 0 atom stereocenters. The fourth-order valence-corrected chi connectivity index (χ4v) is 6.64. The average molecular weight is 337 g/mol. The van der Waals surface area contributed by atoms with Crippen LogP contribution in [-0.2, 0) is 6.16 Å². The molecule has 0 bridgehead atoms. The van der Waals surface area contributed by atoms with Gasteiger partial charge in [-0.15, -0.1) is 0 Å². The fraction of sp³-hybridized carbons (Fsp3) is 0.727. The van der Waals surface area contributed by atoms with Crippen molar-refractivity contribution in [3.05, 3.63) is 35.9 Å². The second-order valence-corrected chi connectivity index (χ2v) is 16.7. The summed E-state index contributed by atoms with van der Waals surface area (Å²) in [6.07, 6.45) is 17.2. The second kappa shape index (κ2) is 10.5. The Morgan fingerprint density at radius 2 is 1.13 bits per heavy atom. The Labute approximate surface area is 146 Å². The Hall–Kier alpha value is -0.350. The first-order chi connectivity index (χ1) is 10.9. The van der Waals surface area contributed by atoms with Gasteiger partial charge in [-0.1, -0.05) is 0 Å². The molecule has 0 aliphatic rings. The van der Waals surface area contributed by atoms with Crippen LogP contribution in [0.2, 0.25) is 0 Å². The van der Waals surface area contributed by atoms with Crippen LogP contribution in [0, 0.1) is 0 Å². The van der Waals surface area contributed by atoms with Gasteiger partial charge in [0.15, 0.2) is 0 Å². The molecule has 0 N–H and O–H groups in total. The third-order valence-corrected chi connectivity index (χ3v) is 8.46. The molecule has 0 unspecified atom stereocenters. The van der Waals surface area contributed by atoms with Crippen LogP contribution in [0.4, 0.5) is 0 Å². The van der Waals surface area contributed by atoms with Crippen molar-refractivity contribution in [2.75, 3.05) is 26.2 Å². The summed E-state index contributed by atoms with van der Waals surface area (Å²) in [5.41, 5.74) is 1.53. The summed E-state index contributed by atoms with van der Waals surface area (Å²) in [4.78, 5) is 0. The molecule has 0 saturated heterocycles. The maximum atomic E-state index is 2.58. The van der Waals surface area contributed by atoms with Crippen LogP contribution in [0.15, 0.2) is 30.3 Å². The molecule has 0 radical (unpaired) electrons. The van der Waals surface area contributed by atoms with Gasteiger partial charge in [0.05, 0.1) is 0 Å². The van der Waals surface area contributed by atoms with E-state index in [0.29, 0.717) is 0 Å². The van der Waals surface area contributed by atoms with Gasteiger partial charge in [-0.2, -0.15) is 0 Å². The van der Waals surface area contributed by atoms with Gasteiger partial charge in [-0.25, -0.2) is 0 Å². The molecular formula is C22H41P. The minimum atomic E-state index is -1.51. The van der Waals surface area contributed by atoms with E-state index in [2.05, 4.69) is 57.3 Å². The van der Waals surface area contributed by atoms with E-state index < -0.39 is 6.60 Å². The first-order valence-corrected chi connectivity index (χ1v) is 13.9. The number of benzene rings is 1. The maximum absolute atomic E-state index is 2.58. The van der Waals surface area contributed by atoms with E-state index in [1.54, 1.807) is 0 Å². The van der Waals surface area contributed by atoms with Crippen molar-refractivity contribution >= 4 is 6.60 Å². The molecule has 1 heteroatoms. The van der Waals surface area contributed by atoms with Gasteiger partial charge in [0, 0.05) is 0 Å². The molecule has 1 aromatic carbocycles. The van der Waals surface area contributed by atoms with Crippen molar-refractivity contribution < 1.29 is 0 Å². The zero-order chi connectivity index (χ0) is 17.0. The quantitative estimate of drug-likeness (QED) is 0.258. The third-order valence-electron chi connectivity index (χ3n) is 4.95. The molecule has 1 aromatic rings. The van der Waals surface area contributed by atoms with Crippen molar-refractivity contribution in [3.8, 4) is 0 Å². The predicted molar refractivity (Wildman–Crippen MR) is 112 cm³/mol. The Bertz CT molecular complexity index is 399. The summed E-state index contributed by atoms with van der Waals surface area (Å²) in [6.45, 7) is 8.52. The average Bonchev–Trinajstić information content (AvgIpc) is 2.49. The van der Waals surface area contributed by atoms with E-state index in [1.807, 2.05) is 0 Å². The van der Waals surface area contributed by atoms with Crippen LogP contribution >= 0.6 is 6.60 Å². The predicted octanol–water partition coefficient (Wildman–Crippen LogP) is 7.55. The van der Waals surface area contributed by atoms with Crippen LogP contribution < -0.4 is 0 Å². The molecule has 0 amide bonds. The molecule has 23 heavy (non-hydrogen) atoms. The molecule has 0 fully saturated rings. The van der Waals surface area contributed by atoms with Crippen molar-refractivity contribution in [1.29, 1.82) is 0 Å². The molecule has 0 aliphatic carbocycles. The summed E-state index contributed by atoms with van der Waals surface area (Å²) in [5.74, 6) is 0. The number of rotatable bonds is 13. The van der Waals surface area contributed by atoms with Gasteiger partial charge in [0.2, 0.25) is 0 Å².